The summed E-state index contributed by atoms with van der Waals surface area (Å²) in [4.78, 5) is 12.9. The molecule has 0 saturated carbocycles. The van der Waals surface area contributed by atoms with E-state index >= 15 is 0 Å². The minimum atomic E-state index is -0.620. The maximum absolute atomic E-state index is 12.3. The highest BCUT2D eigenvalue weighted by Gasteiger charge is 2.12. The zero-order chi connectivity index (χ0) is 19.1. The van der Waals surface area contributed by atoms with E-state index in [1.165, 1.54) is 11.3 Å². The van der Waals surface area contributed by atoms with Crippen LogP contribution in [0.3, 0.4) is 0 Å². The van der Waals surface area contributed by atoms with Crippen LogP contribution in [0.5, 0.6) is 0 Å². The molecule has 4 N–H and O–H groups in total. The summed E-state index contributed by atoms with van der Waals surface area (Å²) in [5.74, 6) is -0.179. The lowest BCUT2D eigenvalue weighted by molar-refractivity contribution is 0.103. The Hall–Kier alpha value is -2.54. The minimum Gasteiger partial charge on any atom is -0.389 e. The molecule has 2 aromatic carbocycles. The van der Waals surface area contributed by atoms with Crippen molar-refractivity contribution in [2.45, 2.75) is 6.10 Å². The molecule has 0 aliphatic heterocycles. The number of carbonyl (C=O) groups excluding carboxylic acids is 1. The second-order valence-electron chi connectivity index (χ2n) is 5.90. The van der Waals surface area contributed by atoms with Gasteiger partial charge in [-0.1, -0.05) is 35.9 Å². The number of hydrogen-bond donors (Lipinski definition) is 4. The molecule has 1 amide bonds. The SMILES string of the molecule is O=C(Nc1ccc(Cl)cc1NCC(O)CNc1ccccc1)c1cccs1. The van der Waals surface area contributed by atoms with Gasteiger partial charge in [-0.25, -0.2) is 0 Å². The second-order valence-corrected chi connectivity index (χ2v) is 7.29. The van der Waals surface area contributed by atoms with Crippen molar-refractivity contribution in [1.29, 1.82) is 0 Å². The van der Waals surface area contributed by atoms with Crippen LogP contribution in [0.1, 0.15) is 9.67 Å². The number of amides is 1. The lowest BCUT2D eigenvalue weighted by atomic mass is 10.2. The van der Waals surface area contributed by atoms with Gasteiger partial charge in [0.2, 0.25) is 0 Å². The Labute approximate surface area is 167 Å². The third kappa shape index (κ3) is 5.72. The van der Waals surface area contributed by atoms with Gasteiger partial charge < -0.3 is 21.1 Å². The second kappa shape index (κ2) is 9.41. The summed E-state index contributed by atoms with van der Waals surface area (Å²) in [5, 5.41) is 21.8. The van der Waals surface area contributed by atoms with Gasteiger partial charge in [0, 0.05) is 23.8 Å². The van der Waals surface area contributed by atoms with Gasteiger partial charge in [0.05, 0.1) is 22.4 Å². The molecule has 0 radical (unpaired) electrons. The third-order valence-corrected chi connectivity index (χ3v) is 4.92. The van der Waals surface area contributed by atoms with Gasteiger partial charge >= 0.3 is 0 Å². The topological polar surface area (TPSA) is 73.4 Å². The predicted molar refractivity (Wildman–Crippen MR) is 113 cm³/mol. The third-order valence-electron chi connectivity index (χ3n) is 3.82. The molecule has 0 fully saturated rings. The molecule has 0 spiro atoms. The van der Waals surface area contributed by atoms with E-state index in [0.717, 1.165) is 5.69 Å². The Kier molecular flexibility index (Phi) is 6.70. The number of anilines is 3. The normalized spacial score (nSPS) is 11.6. The first-order chi connectivity index (χ1) is 13.1. The van der Waals surface area contributed by atoms with Gasteiger partial charge in [-0.15, -0.1) is 11.3 Å². The fourth-order valence-electron chi connectivity index (χ4n) is 2.46. The lowest BCUT2D eigenvalue weighted by Crippen LogP contribution is -2.27. The number of rotatable bonds is 8. The smallest absolute Gasteiger partial charge is 0.265 e. The number of carbonyl (C=O) groups is 1. The first-order valence-electron chi connectivity index (χ1n) is 8.47. The summed E-state index contributed by atoms with van der Waals surface area (Å²) < 4.78 is 0. The van der Waals surface area contributed by atoms with Crippen LogP contribution in [0.25, 0.3) is 0 Å². The number of hydrogen-bond acceptors (Lipinski definition) is 5. The van der Waals surface area contributed by atoms with E-state index in [2.05, 4.69) is 16.0 Å². The fourth-order valence-corrected chi connectivity index (χ4v) is 3.25. The van der Waals surface area contributed by atoms with E-state index in [-0.39, 0.29) is 5.91 Å². The van der Waals surface area contributed by atoms with Crippen molar-refractivity contribution in [2.75, 3.05) is 29.0 Å². The molecule has 1 unspecified atom stereocenters. The molecule has 0 saturated heterocycles. The Bertz CT molecular complexity index is 872. The Morgan fingerprint density at radius 3 is 2.52 bits per heavy atom. The van der Waals surface area contributed by atoms with E-state index < -0.39 is 6.10 Å². The molecular formula is C20H20ClN3O2S. The molecule has 3 rings (SSSR count). The zero-order valence-electron chi connectivity index (χ0n) is 14.5. The molecule has 5 nitrogen and oxygen atoms in total. The summed E-state index contributed by atoms with van der Waals surface area (Å²) in [7, 11) is 0. The average molecular weight is 402 g/mol. The molecule has 140 valence electrons. The van der Waals surface area contributed by atoms with Gasteiger partial charge in [0.15, 0.2) is 0 Å². The van der Waals surface area contributed by atoms with E-state index in [4.69, 9.17) is 11.6 Å². The number of para-hydroxylation sites is 1. The van der Waals surface area contributed by atoms with Crippen LogP contribution in [0.2, 0.25) is 5.02 Å². The van der Waals surface area contributed by atoms with Crippen LogP contribution >= 0.6 is 22.9 Å². The number of halogens is 1. The first-order valence-corrected chi connectivity index (χ1v) is 9.73. The summed E-state index contributed by atoms with van der Waals surface area (Å²) >= 11 is 7.46. The lowest BCUT2D eigenvalue weighted by Gasteiger charge is -2.17. The van der Waals surface area contributed by atoms with E-state index in [1.54, 1.807) is 24.3 Å². The highest BCUT2D eigenvalue weighted by molar-refractivity contribution is 7.12. The predicted octanol–water partition coefficient (Wildman–Crippen LogP) is 4.54. The largest absolute Gasteiger partial charge is 0.389 e. The molecule has 1 aromatic heterocycles. The average Bonchev–Trinajstić information content (AvgIpc) is 3.22. The van der Waals surface area contributed by atoms with Crippen molar-refractivity contribution in [3.05, 3.63) is 75.9 Å². The van der Waals surface area contributed by atoms with Crippen LogP contribution in [0.4, 0.5) is 17.1 Å². The Morgan fingerprint density at radius 2 is 1.78 bits per heavy atom. The number of nitrogens with one attached hydrogen (secondary N) is 3. The standard InChI is InChI=1S/C20H20ClN3O2S/c21-14-8-9-17(24-20(26)19-7-4-10-27-19)18(11-14)23-13-16(25)12-22-15-5-2-1-3-6-15/h1-11,16,22-23,25H,12-13H2,(H,24,26). The van der Waals surface area contributed by atoms with Gasteiger partial charge in [-0.2, -0.15) is 0 Å². The molecule has 1 atom stereocenters. The maximum Gasteiger partial charge on any atom is 0.265 e. The number of benzene rings is 2. The number of aliphatic hydroxyl groups excluding tert-OH is 1. The van der Waals surface area contributed by atoms with Gasteiger partial charge in [-0.05, 0) is 41.8 Å². The summed E-state index contributed by atoms with van der Waals surface area (Å²) in [6.45, 7) is 0.705. The van der Waals surface area contributed by atoms with Gasteiger partial charge in [0.25, 0.3) is 5.91 Å². The van der Waals surface area contributed by atoms with Crippen molar-refractivity contribution >= 4 is 45.9 Å². The van der Waals surface area contributed by atoms with E-state index in [9.17, 15) is 9.90 Å². The molecule has 0 aliphatic carbocycles. The fraction of sp³-hybridized carbons (Fsp3) is 0.150. The molecule has 0 aliphatic rings. The Morgan fingerprint density at radius 1 is 1.00 bits per heavy atom. The molecule has 1 heterocycles. The molecular weight excluding hydrogens is 382 g/mol. The van der Waals surface area contributed by atoms with Gasteiger partial charge in [-0.3, -0.25) is 4.79 Å². The van der Waals surface area contributed by atoms with Crippen molar-refractivity contribution < 1.29 is 9.90 Å². The van der Waals surface area contributed by atoms with Crippen molar-refractivity contribution in [2.24, 2.45) is 0 Å². The molecule has 27 heavy (non-hydrogen) atoms. The van der Waals surface area contributed by atoms with Gasteiger partial charge in [0.1, 0.15) is 0 Å². The zero-order valence-corrected chi connectivity index (χ0v) is 16.1. The first kappa shape index (κ1) is 19.2. The summed E-state index contributed by atoms with van der Waals surface area (Å²) in [6, 6.07) is 18.5. The van der Waals surface area contributed by atoms with Crippen LogP contribution in [-0.4, -0.2) is 30.2 Å². The van der Waals surface area contributed by atoms with Crippen LogP contribution in [-0.2, 0) is 0 Å². The van der Waals surface area contributed by atoms with Crippen molar-refractivity contribution in [1.82, 2.24) is 0 Å². The minimum absolute atomic E-state index is 0.179. The summed E-state index contributed by atoms with van der Waals surface area (Å²) in [5.41, 5.74) is 2.22. The number of aliphatic hydroxyl groups is 1. The number of thiophene rings is 1. The molecule has 0 bridgehead atoms. The Balaban J connectivity index is 1.58. The molecule has 3 aromatic rings. The highest BCUT2D eigenvalue weighted by atomic mass is 35.5. The van der Waals surface area contributed by atoms with Crippen LogP contribution < -0.4 is 16.0 Å². The van der Waals surface area contributed by atoms with E-state index in [0.29, 0.717) is 34.4 Å². The van der Waals surface area contributed by atoms with Crippen molar-refractivity contribution in [3.8, 4) is 0 Å². The van der Waals surface area contributed by atoms with E-state index in [1.807, 2.05) is 41.8 Å². The van der Waals surface area contributed by atoms with Crippen LogP contribution in [0, 0.1) is 0 Å². The van der Waals surface area contributed by atoms with Crippen LogP contribution in [0.15, 0.2) is 66.0 Å². The quantitative estimate of drug-likeness (QED) is 0.447. The summed E-state index contributed by atoms with van der Waals surface area (Å²) in [6.07, 6.45) is -0.620. The maximum atomic E-state index is 12.3. The van der Waals surface area contributed by atoms with Crippen molar-refractivity contribution in [3.63, 3.8) is 0 Å². The monoisotopic (exact) mass is 401 g/mol. The highest BCUT2D eigenvalue weighted by Crippen LogP contribution is 2.26. The molecule has 7 heteroatoms.